The number of nitrogens with two attached hydrogens (primary N) is 1. The van der Waals surface area contributed by atoms with Crippen molar-refractivity contribution < 1.29 is 9.84 Å². The summed E-state index contributed by atoms with van der Waals surface area (Å²) < 4.78 is 7.74. The molecule has 7 nitrogen and oxygen atoms in total. The van der Waals surface area contributed by atoms with Crippen molar-refractivity contribution in [1.29, 1.82) is 0 Å². The van der Waals surface area contributed by atoms with Crippen LogP contribution < -0.4 is 5.73 Å². The van der Waals surface area contributed by atoms with Gasteiger partial charge in [0.1, 0.15) is 11.8 Å². The number of rotatable bonds is 3. The monoisotopic (exact) mass is 263 g/mol. The largest absolute Gasteiger partial charge is 0.396 e. The number of nitrogens with zero attached hydrogens (tertiary/aromatic N) is 4. The molecule has 3 heterocycles. The summed E-state index contributed by atoms with van der Waals surface area (Å²) in [5.41, 5.74) is 7.14. The van der Waals surface area contributed by atoms with Crippen LogP contribution in [0.25, 0.3) is 11.2 Å². The summed E-state index contributed by atoms with van der Waals surface area (Å²) in [5.74, 6) is 0.388. The predicted molar refractivity (Wildman–Crippen MR) is 69.4 cm³/mol. The fourth-order valence-corrected chi connectivity index (χ4v) is 2.66. The average molecular weight is 263 g/mol. The summed E-state index contributed by atoms with van der Waals surface area (Å²) >= 11 is 0. The maximum absolute atomic E-state index is 9.14. The predicted octanol–water partition coefficient (Wildman–Crippen LogP) is 0.511. The molecule has 0 aliphatic carbocycles. The highest BCUT2D eigenvalue weighted by molar-refractivity contribution is 5.81. The molecule has 1 fully saturated rings. The highest BCUT2D eigenvalue weighted by atomic mass is 16.5. The lowest BCUT2D eigenvalue weighted by Gasteiger charge is -2.32. The number of hydrogen-bond donors (Lipinski definition) is 2. The molecule has 2 aromatic rings. The highest BCUT2D eigenvalue weighted by Crippen LogP contribution is 2.30. The molecule has 0 spiro atoms. The van der Waals surface area contributed by atoms with Gasteiger partial charge in [-0.2, -0.15) is 0 Å². The average Bonchev–Trinajstić information content (AvgIpc) is 2.85. The van der Waals surface area contributed by atoms with Gasteiger partial charge in [0.15, 0.2) is 11.5 Å². The molecule has 0 saturated carbocycles. The van der Waals surface area contributed by atoms with Crippen molar-refractivity contribution in [2.45, 2.75) is 31.4 Å². The zero-order valence-corrected chi connectivity index (χ0v) is 10.6. The minimum absolute atomic E-state index is 0.00709. The normalized spacial score (nSPS) is 23.8. The van der Waals surface area contributed by atoms with Gasteiger partial charge in [-0.1, -0.05) is 0 Å². The van der Waals surface area contributed by atoms with Gasteiger partial charge in [0.05, 0.1) is 18.5 Å². The van der Waals surface area contributed by atoms with E-state index in [0.29, 0.717) is 17.8 Å². The van der Waals surface area contributed by atoms with Crippen LogP contribution in [0.4, 0.5) is 5.82 Å². The van der Waals surface area contributed by atoms with Crippen molar-refractivity contribution in [2.75, 3.05) is 18.9 Å². The summed E-state index contributed by atoms with van der Waals surface area (Å²) in [4.78, 5) is 12.5. The fraction of sp³-hybridized carbons (Fsp3) is 0.583. The van der Waals surface area contributed by atoms with Gasteiger partial charge >= 0.3 is 0 Å². The zero-order valence-electron chi connectivity index (χ0n) is 10.6. The second kappa shape index (κ2) is 5.10. The van der Waals surface area contributed by atoms with E-state index in [1.165, 1.54) is 6.33 Å². The van der Waals surface area contributed by atoms with E-state index >= 15 is 0 Å². The van der Waals surface area contributed by atoms with E-state index in [1.807, 2.05) is 4.57 Å². The lowest BCUT2D eigenvalue weighted by Crippen LogP contribution is -2.32. The first-order valence-corrected chi connectivity index (χ1v) is 6.46. The highest BCUT2D eigenvalue weighted by Gasteiger charge is 2.28. The van der Waals surface area contributed by atoms with Gasteiger partial charge in [0.25, 0.3) is 0 Å². The molecular formula is C12H17N5O2. The molecule has 102 valence electrons. The Morgan fingerprint density at radius 3 is 3.16 bits per heavy atom. The van der Waals surface area contributed by atoms with Crippen molar-refractivity contribution in [2.24, 2.45) is 0 Å². The van der Waals surface area contributed by atoms with Crippen LogP contribution in [0, 0.1) is 0 Å². The van der Waals surface area contributed by atoms with Crippen LogP contribution in [0.5, 0.6) is 0 Å². The lowest BCUT2D eigenvalue weighted by molar-refractivity contribution is -0.0317. The van der Waals surface area contributed by atoms with Crippen molar-refractivity contribution in [1.82, 2.24) is 19.5 Å². The van der Waals surface area contributed by atoms with Gasteiger partial charge in [0, 0.05) is 13.2 Å². The number of aromatic nitrogens is 4. The Bertz CT molecular complexity index is 568. The van der Waals surface area contributed by atoms with Crippen molar-refractivity contribution in [3.8, 4) is 0 Å². The molecule has 0 amide bonds. The summed E-state index contributed by atoms with van der Waals surface area (Å²) in [6.07, 6.45) is 5.77. The van der Waals surface area contributed by atoms with E-state index in [1.54, 1.807) is 6.33 Å². The van der Waals surface area contributed by atoms with Crippen LogP contribution in [0.2, 0.25) is 0 Å². The fourth-order valence-electron chi connectivity index (χ4n) is 2.66. The molecule has 1 saturated heterocycles. The molecule has 0 unspecified atom stereocenters. The smallest absolute Gasteiger partial charge is 0.165 e. The van der Waals surface area contributed by atoms with Crippen LogP contribution in [-0.2, 0) is 4.74 Å². The number of ether oxygens (including phenoxy) is 1. The third-order valence-corrected chi connectivity index (χ3v) is 3.56. The molecule has 0 aromatic carbocycles. The van der Waals surface area contributed by atoms with Crippen LogP contribution in [0.15, 0.2) is 12.7 Å². The first kappa shape index (κ1) is 12.3. The number of aliphatic hydroxyl groups is 1. The lowest BCUT2D eigenvalue weighted by atomic mass is 10.00. The summed E-state index contributed by atoms with van der Waals surface area (Å²) in [6, 6.07) is 0.139. The van der Waals surface area contributed by atoms with Gasteiger partial charge in [-0.25, -0.2) is 15.0 Å². The van der Waals surface area contributed by atoms with Gasteiger partial charge in [-0.3, -0.25) is 0 Å². The quantitative estimate of drug-likeness (QED) is 0.837. The van der Waals surface area contributed by atoms with Crippen LogP contribution in [0.1, 0.15) is 25.3 Å². The second-order valence-corrected chi connectivity index (χ2v) is 4.71. The Morgan fingerprint density at radius 1 is 1.42 bits per heavy atom. The Kier molecular flexibility index (Phi) is 3.31. The molecule has 1 aliphatic rings. The molecule has 7 heteroatoms. The SMILES string of the molecule is Nc1ncnc2c1ncn2[C@H]1CCCO[C@H]1CCO. The molecule has 3 N–H and O–H groups in total. The summed E-state index contributed by atoms with van der Waals surface area (Å²) in [5, 5.41) is 9.14. The van der Waals surface area contributed by atoms with Crippen LogP contribution >= 0.6 is 0 Å². The van der Waals surface area contributed by atoms with Crippen LogP contribution in [0.3, 0.4) is 0 Å². The van der Waals surface area contributed by atoms with E-state index in [-0.39, 0.29) is 18.8 Å². The number of hydrogen-bond acceptors (Lipinski definition) is 6. The Labute approximate surface area is 110 Å². The molecule has 1 aliphatic heterocycles. The Hall–Kier alpha value is -1.73. The number of aliphatic hydroxyl groups excluding tert-OH is 1. The number of nitrogen functional groups attached to an aromatic ring is 1. The Balaban J connectivity index is 2.00. The first-order valence-electron chi connectivity index (χ1n) is 6.46. The minimum atomic E-state index is -0.00709. The van der Waals surface area contributed by atoms with E-state index in [9.17, 15) is 0 Å². The minimum Gasteiger partial charge on any atom is -0.396 e. The van der Waals surface area contributed by atoms with E-state index in [2.05, 4.69) is 15.0 Å². The Morgan fingerprint density at radius 2 is 2.32 bits per heavy atom. The molecule has 19 heavy (non-hydrogen) atoms. The van der Waals surface area contributed by atoms with E-state index < -0.39 is 0 Å². The number of fused-ring (bicyclic) bond motifs is 1. The number of imidazole rings is 1. The van der Waals surface area contributed by atoms with E-state index in [4.69, 9.17) is 15.6 Å². The molecule has 0 radical (unpaired) electrons. The van der Waals surface area contributed by atoms with Crippen molar-refractivity contribution >= 4 is 17.0 Å². The summed E-state index contributed by atoms with van der Waals surface area (Å²) in [6.45, 7) is 0.857. The third kappa shape index (κ3) is 2.15. The third-order valence-electron chi connectivity index (χ3n) is 3.56. The first-order chi connectivity index (χ1) is 9.31. The summed E-state index contributed by atoms with van der Waals surface area (Å²) in [7, 11) is 0. The van der Waals surface area contributed by atoms with Crippen LogP contribution in [-0.4, -0.2) is 43.9 Å². The molecular weight excluding hydrogens is 246 g/mol. The van der Waals surface area contributed by atoms with Gasteiger partial charge in [-0.15, -0.1) is 0 Å². The van der Waals surface area contributed by atoms with E-state index in [0.717, 1.165) is 25.1 Å². The molecule has 2 aromatic heterocycles. The van der Waals surface area contributed by atoms with Crippen molar-refractivity contribution in [3.05, 3.63) is 12.7 Å². The molecule has 3 rings (SSSR count). The zero-order chi connectivity index (χ0) is 13.2. The second-order valence-electron chi connectivity index (χ2n) is 4.71. The van der Waals surface area contributed by atoms with Crippen molar-refractivity contribution in [3.63, 3.8) is 0 Å². The molecule has 2 atom stereocenters. The standard InChI is InChI=1S/C12H17N5O2/c13-11-10-12(15-6-14-11)17(7-16-10)8-2-1-5-19-9(8)3-4-18/h6-9,18H,1-5H2,(H2,13,14,15)/t8-,9-/m0/s1. The maximum atomic E-state index is 9.14. The topological polar surface area (TPSA) is 99.1 Å². The number of anilines is 1. The maximum Gasteiger partial charge on any atom is 0.165 e. The van der Waals surface area contributed by atoms with Gasteiger partial charge < -0.3 is 20.1 Å². The van der Waals surface area contributed by atoms with Gasteiger partial charge in [-0.05, 0) is 19.3 Å². The van der Waals surface area contributed by atoms with Gasteiger partial charge in [0.2, 0.25) is 0 Å². The molecule has 0 bridgehead atoms.